The number of imidazole rings is 1. The van der Waals surface area contributed by atoms with Crippen LogP contribution in [0.2, 0.25) is 0 Å². The van der Waals surface area contributed by atoms with Crippen molar-refractivity contribution in [3.05, 3.63) is 88.5 Å². The van der Waals surface area contributed by atoms with E-state index in [9.17, 15) is 18.0 Å². The summed E-state index contributed by atoms with van der Waals surface area (Å²) in [5.41, 5.74) is 3.10. The number of H-pyrrole nitrogens is 1. The number of halogens is 3. The Morgan fingerprint density at radius 3 is 2.50 bits per heavy atom. The number of nitrogens with zero attached hydrogens (tertiary/aromatic N) is 3. The van der Waals surface area contributed by atoms with Gasteiger partial charge in [-0.3, -0.25) is 9.69 Å². The van der Waals surface area contributed by atoms with Crippen molar-refractivity contribution in [2.24, 2.45) is 0 Å². The first-order chi connectivity index (χ1) is 15.3. The van der Waals surface area contributed by atoms with Crippen molar-refractivity contribution in [2.45, 2.75) is 38.3 Å². The van der Waals surface area contributed by atoms with Crippen molar-refractivity contribution in [3.8, 4) is 6.07 Å². The minimum Gasteiger partial charge on any atom is -0.351 e. The molecule has 1 aliphatic rings. The molecule has 0 radical (unpaired) electrons. The molecule has 0 aliphatic carbocycles. The zero-order chi connectivity index (χ0) is 22.7. The predicted octanol–water partition coefficient (Wildman–Crippen LogP) is 3.54. The van der Waals surface area contributed by atoms with Gasteiger partial charge in [-0.15, -0.1) is 0 Å². The third kappa shape index (κ3) is 4.81. The van der Waals surface area contributed by atoms with Crippen LogP contribution in [0.4, 0.5) is 13.2 Å². The average molecular weight is 439 g/mol. The zero-order valence-corrected chi connectivity index (χ0v) is 17.0. The Balaban J connectivity index is 1.47. The van der Waals surface area contributed by atoms with E-state index in [0.29, 0.717) is 37.2 Å². The molecule has 6 nitrogen and oxygen atoms in total. The van der Waals surface area contributed by atoms with Gasteiger partial charge in [0.15, 0.2) is 0 Å². The van der Waals surface area contributed by atoms with Crippen LogP contribution < -0.4 is 5.32 Å². The lowest BCUT2D eigenvalue weighted by Crippen LogP contribution is -2.49. The molecule has 0 spiro atoms. The lowest BCUT2D eigenvalue weighted by atomic mass is 10.00. The number of fused-ring (bicyclic) bond motifs is 1. The SMILES string of the molecule is N#Cc1ccc(CNC(=O)[C@@H]2Cc3nc[nH]c3CN2Cc2ccc(C(F)(F)F)cc2)cc1. The molecule has 1 atom stereocenters. The number of nitriles is 1. The van der Waals surface area contributed by atoms with Gasteiger partial charge >= 0.3 is 6.18 Å². The molecule has 4 rings (SSSR count). The maximum absolute atomic E-state index is 13.0. The van der Waals surface area contributed by atoms with Gasteiger partial charge in [0.05, 0.1) is 41.0 Å². The number of hydrogen-bond acceptors (Lipinski definition) is 4. The van der Waals surface area contributed by atoms with E-state index in [1.807, 2.05) is 4.90 Å². The summed E-state index contributed by atoms with van der Waals surface area (Å²) in [4.78, 5) is 22.3. The van der Waals surface area contributed by atoms with E-state index in [1.54, 1.807) is 30.6 Å². The number of aromatic amines is 1. The summed E-state index contributed by atoms with van der Waals surface area (Å²) in [7, 11) is 0. The zero-order valence-electron chi connectivity index (χ0n) is 17.0. The quantitative estimate of drug-likeness (QED) is 0.637. The number of amides is 1. The van der Waals surface area contributed by atoms with Crippen LogP contribution in [-0.4, -0.2) is 26.8 Å². The number of hydrogen-bond donors (Lipinski definition) is 2. The lowest BCUT2D eigenvalue weighted by molar-refractivity contribution is -0.137. The first-order valence-corrected chi connectivity index (χ1v) is 10.0. The first-order valence-electron chi connectivity index (χ1n) is 10.0. The van der Waals surface area contributed by atoms with E-state index >= 15 is 0 Å². The molecule has 1 amide bonds. The molecule has 1 aliphatic heterocycles. The summed E-state index contributed by atoms with van der Waals surface area (Å²) in [6.07, 6.45) is -2.40. The van der Waals surface area contributed by atoms with Crippen LogP contribution in [0.15, 0.2) is 54.9 Å². The van der Waals surface area contributed by atoms with Crippen LogP contribution in [0, 0.1) is 11.3 Å². The fraction of sp³-hybridized carbons (Fsp3) is 0.261. The monoisotopic (exact) mass is 439 g/mol. The Morgan fingerprint density at radius 2 is 1.84 bits per heavy atom. The van der Waals surface area contributed by atoms with Gasteiger partial charge in [0.1, 0.15) is 0 Å². The molecule has 164 valence electrons. The summed E-state index contributed by atoms with van der Waals surface area (Å²) in [6.45, 7) is 1.07. The number of rotatable bonds is 5. The largest absolute Gasteiger partial charge is 0.416 e. The fourth-order valence-electron chi connectivity index (χ4n) is 3.75. The topological polar surface area (TPSA) is 84.8 Å². The molecule has 3 aromatic rings. The van der Waals surface area contributed by atoms with Gasteiger partial charge in [-0.1, -0.05) is 24.3 Å². The van der Waals surface area contributed by atoms with Crippen LogP contribution in [0.1, 0.15) is 33.6 Å². The first kappa shape index (κ1) is 21.6. The Morgan fingerprint density at radius 1 is 1.16 bits per heavy atom. The minimum absolute atomic E-state index is 0.185. The molecule has 32 heavy (non-hydrogen) atoms. The lowest BCUT2D eigenvalue weighted by Gasteiger charge is -2.34. The molecule has 2 heterocycles. The summed E-state index contributed by atoms with van der Waals surface area (Å²) < 4.78 is 38.6. The van der Waals surface area contributed by atoms with Crippen molar-refractivity contribution < 1.29 is 18.0 Å². The van der Waals surface area contributed by atoms with E-state index in [4.69, 9.17) is 5.26 Å². The number of benzene rings is 2. The van der Waals surface area contributed by atoms with Crippen LogP contribution >= 0.6 is 0 Å². The molecule has 2 N–H and O–H groups in total. The summed E-state index contributed by atoms with van der Waals surface area (Å²) >= 11 is 0. The van der Waals surface area contributed by atoms with Gasteiger partial charge in [-0.05, 0) is 35.4 Å². The third-order valence-electron chi connectivity index (χ3n) is 5.52. The molecule has 1 aromatic heterocycles. The van der Waals surface area contributed by atoms with Crippen LogP contribution in [0.25, 0.3) is 0 Å². The van der Waals surface area contributed by atoms with Gasteiger partial charge in [0, 0.05) is 26.1 Å². The number of carbonyl (C=O) groups excluding carboxylic acids is 1. The summed E-state index contributed by atoms with van der Waals surface area (Å²) in [5, 5.41) is 11.8. The normalized spacial score (nSPS) is 16.2. The smallest absolute Gasteiger partial charge is 0.351 e. The van der Waals surface area contributed by atoms with Crippen molar-refractivity contribution in [1.29, 1.82) is 5.26 Å². The molecule has 0 saturated heterocycles. The summed E-state index contributed by atoms with van der Waals surface area (Å²) in [5.74, 6) is -0.185. The van der Waals surface area contributed by atoms with Gasteiger partial charge in [-0.2, -0.15) is 18.4 Å². The van der Waals surface area contributed by atoms with Gasteiger partial charge in [0.25, 0.3) is 0 Å². The Labute approximate surface area is 182 Å². The highest BCUT2D eigenvalue weighted by molar-refractivity contribution is 5.82. The van der Waals surface area contributed by atoms with Gasteiger partial charge < -0.3 is 10.3 Å². The number of aromatic nitrogens is 2. The van der Waals surface area contributed by atoms with Crippen molar-refractivity contribution in [2.75, 3.05) is 0 Å². The molecule has 9 heteroatoms. The summed E-state index contributed by atoms with van der Waals surface area (Å²) in [6, 6.07) is 13.5. The van der Waals surface area contributed by atoms with Crippen LogP contribution in [0.5, 0.6) is 0 Å². The van der Waals surface area contributed by atoms with Crippen LogP contribution in [-0.2, 0) is 37.0 Å². The molecular weight excluding hydrogens is 419 g/mol. The maximum atomic E-state index is 13.0. The minimum atomic E-state index is -4.39. The molecule has 0 saturated carbocycles. The Hall–Kier alpha value is -3.64. The molecule has 0 fully saturated rings. The van der Waals surface area contributed by atoms with E-state index in [-0.39, 0.29) is 5.91 Å². The Kier molecular flexibility index (Phi) is 5.97. The molecule has 0 unspecified atom stereocenters. The predicted molar refractivity (Wildman–Crippen MR) is 110 cm³/mol. The van der Waals surface area contributed by atoms with E-state index in [2.05, 4.69) is 21.4 Å². The third-order valence-corrected chi connectivity index (χ3v) is 5.52. The van der Waals surface area contributed by atoms with Gasteiger partial charge in [0.2, 0.25) is 5.91 Å². The van der Waals surface area contributed by atoms with Crippen molar-refractivity contribution in [1.82, 2.24) is 20.2 Å². The maximum Gasteiger partial charge on any atom is 0.416 e. The molecule has 2 aromatic carbocycles. The number of nitrogens with one attached hydrogen (secondary N) is 2. The van der Waals surface area contributed by atoms with Crippen LogP contribution in [0.3, 0.4) is 0 Å². The van der Waals surface area contributed by atoms with E-state index in [1.165, 1.54) is 12.1 Å². The van der Waals surface area contributed by atoms with Crippen molar-refractivity contribution in [3.63, 3.8) is 0 Å². The second-order valence-corrected chi connectivity index (χ2v) is 7.67. The van der Waals surface area contributed by atoms with E-state index < -0.39 is 17.8 Å². The number of alkyl halides is 3. The van der Waals surface area contributed by atoms with Gasteiger partial charge in [-0.25, -0.2) is 4.98 Å². The second kappa shape index (κ2) is 8.85. The standard InChI is InChI=1S/C23H20F3N5O/c24-23(25,26)18-7-5-17(6-8-18)12-31-13-20-19(29-14-30-20)9-21(31)22(32)28-11-16-3-1-15(10-27)2-4-16/h1-8,14,21H,9,11-13H2,(H,28,32)(H,29,30)/t21-/m0/s1. The molecular formula is C23H20F3N5O. The highest BCUT2D eigenvalue weighted by atomic mass is 19.4. The van der Waals surface area contributed by atoms with E-state index in [0.717, 1.165) is 29.1 Å². The fourth-order valence-corrected chi connectivity index (χ4v) is 3.75. The van der Waals surface area contributed by atoms with Crippen molar-refractivity contribution >= 4 is 5.91 Å². The highest BCUT2D eigenvalue weighted by Crippen LogP contribution is 2.30. The number of carbonyl (C=O) groups is 1. The average Bonchev–Trinajstić information content (AvgIpc) is 3.24. The molecule has 0 bridgehead atoms. The second-order valence-electron chi connectivity index (χ2n) is 7.67. The Bertz CT molecular complexity index is 1130. The highest BCUT2D eigenvalue weighted by Gasteiger charge is 2.33.